The zero-order valence-corrected chi connectivity index (χ0v) is 15.5. The Bertz CT molecular complexity index is 695. The molecule has 0 unspecified atom stereocenters. The van der Waals surface area contributed by atoms with Crippen LogP contribution in [-0.2, 0) is 0 Å². The van der Waals surface area contributed by atoms with E-state index in [0.717, 1.165) is 17.4 Å². The van der Waals surface area contributed by atoms with Gasteiger partial charge in [-0.3, -0.25) is 4.90 Å². The van der Waals surface area contributed by atoms with E-state index < -0.39 is 0 Å². The van der Waals surface area contributed by atoms with Gasteiger partial charge >= 0.3 is 0 Å². The quantitative estimate of drug-likeness (QED) is 0.925. The average Bonchev–Trinajstić information content (AvgIpc) is 3.05. The molecule has 2 aliphatic rings. The highest BCUT2D eigenvalue weighted by Crippen LogP contribution is 2.27. The molecule has 2 aromatic rings. The van der Waals surface area contributed by atoms with Crippen LogP contribution in [-0.4, -0.2) is 69.2 Å². The van der Waals surface area contributed by atoms with Crippen LogP contribution >= 0.6 is 0 Å². The van der Waals surface area contributed by atoms with Crippen LogP contribution in [0.5, 0.6) is 0 Å². The summed E-state index contributed by atoms with van der Waals surface area (Å²) in [6.07, 6.45) is 8.71. The van der Waals surface area contributed by atoms with Crippen LogP contribution in [0.1, 0.15) is 38.2 Å². The number of aromatic nitrogens is 3. The maximum atomic E-state index is 4.50. The maximum Gasteiger partial charge on any atom is 0.154 e. The summed E-state index contributed by atoms with van der Waals surface area (Å²) in [7, 11) is 0. The second-order valence-electron chi connectivity index (χ2n) is 7.52. The molecule has 0 amide bonds. The summed E-state index contributed by atoms with van der Waals surface area (Å²) in [5.41, 5.74) is 2.34. The van der Waals surface area contributed by atoms with Crippen molar-refractivity contribution in [3.05, 3.63) is 24.2 Å². The van der Waals surface area contributed by atoms with E-state index in [0.29, 0.717) is 6.04 Å². The van der Waals surface area contributed by atoms with Crippen LogP contribution in [0.3, 0.4) is 0 Å². The van der Waals surface area contributed by atoms with Crippen molar-refractivity contribution in [1.82, 2.24) is 24.4 Å². The monoisotopic (exact) mass is 342 g/mol. The lowest BCUT2D eigenvalue weighted by molar-refractivity contribution is 0.0800. The Kier molecular flexibility index (Phi) is 4.90. The molecule has 0 atom stereocenters. The van der Waals surface area contributed by atoms with Crippen molar-refractivity contribution in [1.29, 1.82) is 0 Å². The summed E-state index contributed by atoms with van der Waals surface area (Å²) in [4.78, 5) is 9.79. The summed E-state index contributed by atoms with van der Waals surface area (Å²) < 4.78 is 1.92. The van der Waals surface area contributed by atoms with E-state index in [-0.39, 0.29) is 0 Å². The molecule has 1 N–H and O–H groups in total. The standard InChI is InChI=1S/C19H30N6/c1-3-23-10-12-24(13-11-23)17-6-4-16(5-7-17)22-19-18-15(2)8-9-25(18)21-14-20-19/h8-9,14,16-17H,3-7,10-13H2,1-2H3,(H,20,21,22)/t16-,17+. The minimum Gasteiger partial charge on any atom is -0.365 e. The smallest absolute Gasteiger partial charge is 0.154 e. The van der Waals surface area contributed by atoms with Crippen LogP contribution in [0, 0.1) is 6.92 Å². The van der Waals surface area contributed by atoms with E-state index in [1.807, 2.05) is 10.7 Å². The molecular formula is C19H30N6. The van der Waals surface area contributed by atoms with Gasteiger partial charge in [0.2, 0.25) is 0 Å². The molecule has 6 heteroatoms. The van der Waals surface area contributed by atoms with E-state index >= 15 is 0 Å². The average molecular weight is 342 g/mol. The highest BCUT2D eigenvalue weighted by Gasteiger charge is 2.28. The van der Waals surface area contributed by atoms with Gasteiger partial charge in [-0.1, -0.05) is 6.92 Å². The van der Waals surface area contributed by atoms with Gasteiger partial charge in [0.15, 0.2) is 5.82 Å². The summed E-state index contributed by atoms with van der Waals surface area (Å²) >= 11 is 0. The summed E-state index contributed by atoms with van der Waals surface area (Å²) in [5.74, 6) is 0.984. The van der Waals surface area contributed by atoms with Crippen molar-refractivity contribution in [2.75, 3.05) is 38.0 Å². The van der Waals surface area contributed by atoms with Gasteiger partial charge in [0.05, 0.1) is 0 Å². The van der Waals surface area contributed by atoms with Gasteiger partial charge in [-0.05, 0) is 50.8 Å². The fourth-order valence-electron chi connectivity index (χ4n) is 4.44. The molecule has 2 aromatic heterocycles. The Morgan fingerprint density at radius 1 is 1.12 bits per heavy atom. The van der Waals surface area contributed by atoms with Crippen molar-refractivity contribution >= 4 is 11.3 Å². The molecule has 2 fully saturated rings. The lowest BCUT2D eigenvalue weighted by Crippen LogP contribution is -2.51. The van der Waals surface area contributed by atoms with Crippen LogP contribution in [0.4, 0.5) is 5.82 Å². The van der Waals surface area contributed by atoms with Gasteiger partial charge in [-0.25, -0.2) is 9.50 Å². The van der Waals surface area contributed by atoms with Gasteiger partial charge in [0.25, 0.3) is 0 Å². The Morgan fingerprint density at radius 3 is 2.60 bits per heavy atom. The van der Waals surface area contributed by atoms with Crippen molar-refractivity contribution in [2.24, 2.45) is 0 Å². The first-order valence-corrected chi connectivity index (χ1v) is 9.76. The van der Waals surface area contributed by atoms with E-state index in [4.69, 9.17) is 0 Å². The minimum atomic E-state index is 0.529. The largest absolute Gasteiger partial charge is 0.365 e. The zero-order valence-electron chi connectivity index (χ0n) is 15.5. The number of fused-ring (bicyclic) bond motifs is 1. The predicted octanol–water partition coefficient (Wildman–Crippen LogP) is 2.40. The number of piperazine rings is 1. The minimum absolute atomic E-state index is 0.529. The summed E-state index contributed by atoms with van der Waals surface area (Å²) in [6.45, 7) is 10.5. The Balaban J connectivity index is 1.34. The molecule has 0 bridgehead atoms. The number of likely N-dealkylation sites (N-methyl/N-ethyl adjacent to an activating group) is 1. The molecule has 3 heterocycles. The van der Waals surface area contributed by atoms with Gasteiger partial charge in [0.1, 0.15) is 11.8 Å². The second-order valence-corrected chi connectivity index (χ2v) is 7.52. The van der Waals surface area contributed by atoms with E-state index in [9.17, 15) is 0 Å². The van der Waals surface area contributed by atoms with Crippen LogP contribution < -0.4 is 5.32 Å². The fourth-order valence-corrected chi connectivity index (χ4v) is 4.44. The Hall–Kier alpha value is -1.66. The van der Waals surface area contributed by atoms with Crippen molar-refractivity contribution in [2.45, 2.75) is 51.6 Å². The number of hydrogen-bond acceptors (Lipinski definition) is 5. The second kappa shape index (κ2) is 7.30. The van der Waals surface area contributed by atoms with Crippen molar-refractivity contribution in [3.8, 4) is 0 Å². The molecule has 4 rings (SSSR count). The van der Waals surface area contributed by atoms with Crippen molar-refractivity contribution in [3.63, 3.8) is 0 Å². The van der Waals surface area contributed by atoms with Crippen LogP contribution in [0.15, 0.2) is 18.6 Å². The van der Waals surface area contributed by atoms with E-state index in [2.05, 4.69) is 45.1 Å². The molecule has 136 valence electrons. The summed E-state index contributed by atoms with van der Waals surface area (Å²) in [5, 5.41) is 7.99. The highest BCUT2D eigenvalue weighted by atomic mass is 15.3. The molecular weight excluding hydrogens is 312 g/mol. The predicted molar refractivity (Wildman–Crippen MR) is 101 cm³/mol. The molecule has 1 aliphatic carbocycles. The Morgan fingerprint density at radius 2 is 1.88 bits per heavy atom. The zero-order chi connectivity index (χ0) is 17.2. The molecule has 1 saturated carbocycles. The van der Waals surface area contributed by atoms with E-state index in [1.165, 1.54) is 64.0 Å². The number of nitrogens with one attached hydrogen (secondary N) is 1. The highest BCUT2D eigenvalue weighted by molar-refractivity contribution is 5.71. The molecule has 0 spiro atoms. The molecule has 6 nitrogen and oxygen atoms in total. The Labute approximate surface area is 150 Å². The molecule has 1 aliphatic heterocycles. The first-order valence-electron chi connectivity index (χ1n) is 9.76. The molecule has 0 aromatic carbocycles. The summed E-state index contributed by atoms with van der Waals surface area (Å²) in [6, 6.07) is 3.40. The first kappa shape index (κ1) is 16.8. The topological polar surface area (TPSA) is 48.7 Å². The van der Waals surface area contributed by atoms with Crippen molar-refractivity contribution < 1.29 is 0 Å². The van der Waals surface area contributed by atoms with Gasteiger partial charge in [-0.2, -0.15) is 5.10 Å². The first-order chi connectivity index (χ1) is 12.2. The van der Waals surface area contributed by atoms with Gasteiger partial charge < -0.3 is 10.2 Å². The van der Waals surface area contributed by atoms with Crippen LogP contribution in [0.25, 0.3) is 5.52 Å². The normalized spacial score (nSPS) is 26.2. The number of aryl methyl sites for hydroxylation is 1. The fraction of sp³-hybridized carbons (Fsp3) is 0.684. The van der Waals surface area contributed by atoms with Gasteiger partial charge in [-0.15, -0.1) is 0 Å². The number of anilines is 1. The maximum absolute atomic E-state index is 4.50. The number of nitrogens with zero attached hydrogens (tertiary/aromatic N) is 5. The lowest BCUT2D eigenvalue weighted by atomic mass is 9.89. The van der Waals surface area contributed by atoms with Gasteiger partial charge in [0, 0.05) is 44.5 Å². The molecule has 25 heavy (non-hydrogen) atoms. The van der Waals surface area contributed by atoms with E-state index in [1.54, 1.807) is 6.33 Å². The SMILES string of the molecule is CCN1CCN([C@H]2CC[C@@H](Nc3ncnn4ccc(C)c34)CC2)CC1. The molecule has 0 radical (unpaired) electrons. The number of rotatable bonds is 4. The lowest BCUT2D eigenvalue weighted by Gasteiger charge is -2.42. The third-order valence-corrected chi connectivity index (χ3v) is 6.06. The third kappa shape index (κ3) is 3.51. The third-order valence-electron chi connectivity index (χ3n) is 6.06. The van der Waals surface area contributed by atoms with Crippen LogP contribution in [0.2, 0.25) is 0 Å². The number of hydrogen-bond donors (Lipinski definition) is 1. The molecule has 1 saturated heterocycles.